The monoisotopic (exact) mass is 233 g/mol. The fourth-order valence-electron chi connectivity index (χ4n) is 2.44. The molecule has 0 heterocycles. The molecule has 2 rings (SSSR count). The van der Waals surface area contributed by atoms with Gasteiger partial charge in [-0.25, -0.2) is 0 Å². The van der Waals surface area contributed by atoms with Gasteiger partial charge in [0.1, 0.15) is 5.75 Å². The molecule has 0 radical (unpaired) electrons. The molecule has 92 valence electrons. The minimum absolute atomic E-state index is 0.0982. The summed E-state index contributed by atoms with van der Waals surface area (Å²) < 4.78 is 0. The van der Waals surface area contributed by atoms with Crippen LogP contribution in [0.1, 0.15) is 42.5 Å². The predicted octanol–water partition coefficient (Wildman–Crippen LogP) is 2.70. The molecule has 1 fully saturated rings. The highest BCUT2D eigenvalue weighted by Crippen LogP contribution is 2.26. The van der Waals surface area contributed by atoms with Gasteiger partial charge in [0.15, 0.2) is 0 Å². The number of carbonyl (C=O) groups is 1. The van der Waals surface area contributed by atoms with E-state index in [0.29, 0.717) is 5.56 Å². The second kappa shape index (κ2) is 5.71. The van der Waals surface area contributed by atoms with Crippen molar-refractivity contribution in [1.82, 2.24) is 5.32 Å². The van der Waals surface area contributed by atoms with Gasteiger partial charge in [-0.05, 0) is 30.5 Å². The maximum absolute atomic E-state index is 11.7. The smallest absolute Gasteiger partial charge is 0.251 e. The molecule has 0 aliphatic heterocycles. The molecule has 3 heteroatoms. The molecule has 1 aliphatic carbocycles. The number of phenolic OH excluding ortho intramolecular Hbond substituents is 1. The molecule has 0 saturated heterocycles. The Labute approximate surface area is 102 Å². The number of aromatic hydroxyl groups is 1. The third-order valence-electron chi connectivity index (χ3n) is 3.42. The highest BCUT2D eigenvalue weighted by molar-refractivity contribution is 5.94. The number of nitrogens with one attached hydrogen (secondary N) is 1. The van der Waals surface area contributed by atoms with Gasteiger partial charge < -0.3 is 10.4 Å². The van der Waals surface area contributed by atoms with Gasteiger partial charge in [0.05, 0.1) is 0 Å². The van der Waals surface area contributed by atoms with Crippen molar-refractivity contribution in [3.8, 4) is 5.75 Å². The molecule has 1 amide bonds. The molecule has 2 N–H and O–H groups in total. The first-order valence-corrected chi connectivity index (χ1v) is 6.33. The largest absolute Gasteiger partial charge is 0.508 e. The van der Waals surface area contributed by atoms with E-state index in [2.05, 4.69) is 5.32 Å². The van der Waals surface area contributed by atoms with Gasteiger partial charge in [-0.15, -0.1) is 0 Å². The normalized spacial score (nSPS) is 16.0. The summed E-state index contributed by atoms with van der Waals surface area (Å²) in [5.74, 6) is 0.826. The van der Waals surface area contributed by atoms with Gasteiger partial charge in [0.2, 0.25) is 0 Å². The first kappa shape index (κ1) is 12.0. The van der Waals surface area contributed by atoms with Crippen LogP contribution in [0.4, 0.5) is 0 Å². The van der Waals surface area contributed by atoms with E-state index in [-0.39, 0.29) is 11.7 Å². The highest BCUT2D eigenvalue weighted by atomic mass is 16.3. The SMILES string of the molecule is O=C(NCCC1CCCC1)c1cccc(O)c1. The Hall–Kier alpha value is -1.51. The summed E-state index contributed by atoms with van der Waals surface area (Å²) in [6.07, 6.45) is 6.37. The van der Waals surface area contributed by atoms with E-state index in [4.69, 9.17) is 0 Å². The highest BCUT2D eigenvalue weighted by Gasteiger charge is 2.14. The van der Waals surface area contributed by atoms with Gasteiger partial charge in [-0.2, -0.15) is 0 Å². The van der Waals surface area contributed by atoms with Crippen LogP contribution in [-0.4, -0.2) is 17.6 Å². The predicted molar refractivity (Wildman–Crippen MR) is 67.0 cm³/mol. The third-order valence-corrected chi connectivity index (χ3v) is 3.42. The molecule has 1 aromatic carbocycles. The minimum Gasteiger partial charge on any atom is -0.508 e. The van der Waals surface area contributed by atoms with E-state index in [1.165, 1.54) is 31.7 Å². The number of rotatable bonds is 4. The van der Waals surface area contributed by atoms with Crippen LogP contribution in [0.3, 0.4) is 0 Å². The quantitative estimate of drug-likeness (QED) is 0.840. The van der Waals surface area contributed by atoms with Crippen LogP contribution in [0.15, 0.2) is 24.3 Å². The summed E-state index contributed by atoms with van der Waals surface area (Å²) in [4.78, 5) is 11.7. The zero-order valence-electron chi connectivity index (χ0n) is 9.98. The molecule has 17 heavy (non-hydrogen) atoms. The maximum atomic E-state index is 11.7. The lowest BCUT2D eigenvalue weighted by Crippen LogP contribution is -2.25. The molecule has 0 aromatic heterocycles. The van der Waals surface area contributed by atoms with Crippen LogP contribution in [0.2, 0.25) is 0 Å². The third kappa shape index (κ3) is 3.48. The number of amides is 1. The summed E-state index contributed by atoms with van der Waals surface area (Å²) >= 11 is 0. The lowest BCUT2D eigenvalue weighted by Gasteiger charge is -2.09. The second-order valence-electron chi connectivity index (χ2n) is 4.75. The Balaban J connectivity index is 1.77. The van der Waals surface area contributed by atoms with Crippen LogP contribution in [0.25, 0.3) is 0 Å². The number of phenols is 1. The Morgan fingerprint density at radius 1 is 1.35 bits per heavy atom. The Bertz CT molecular complexity index is 384. The molecule has 1 saturated carbocycles. The lowest BCUT2D eigenvalue weighted by molar-refractivity contribution is 0.0951. The maximum Gasteiger partial charge on any atom is 0.251 e. The molecule has 0 bridgehead atoms. The summed E-state index contributed by atoms with van der Waals surface area (Å²) in [6.45, 7) is 0.735. The van der Waals surface area contributed by atoms with E-state index in [9.17, 15) is 9.90 Å². The van der Waals surface area contributed by atoms with E-state index >= 15 is 0 Å². The Kier molecular flexibility index (Phi) is 4.02. The van der Waals surface area contributed by atoms with E-state index in [1.807, 2.05) is 0 Å². The first-order valence-electron chi connectivity index (χ1n) is 6.33. The fraction of sp³-hybridized carbons (Fsp3) is 0.500. The molecular weight excluding hydrogens is 214 g/mol. The van der Waals surface area contributed by atoms with E-state index < -0.39 is 0 Å². The van der Waals surface area contributed by atoms with Crippen LogP contribution >= 0.6 is 0 Å². The molecule has 0 atom stereocenters. The molecule has 3 nitrogen and oxygen atoms in total. The van der Waals surface area contributed by atoms with Gasteiger partial charge >= 0.3 is 0 Å². The van der Waals surface area contributed by atoms with Crippen LogP contribution in [0.5, 0.6) is 5.75 Å². The van der Waals surface area contributed by atoms with E-state index in [0.717, 1.165) is 18.9 Å². The topological polar surface area (TPSA) is 49.3 Å². The van der Waals surface area contributed by atoms with Crippen molar-refractivity contribution in [3.63, 3.8) is 0 Å². The van der Waals surface area contributed by atoms with Crippen molar-refractivity contribution in [2.75, 3.05) is 6.54 Å². The Morgan fingerprint density at radius 3 is 2.82 bits per heavy atom. The lowest BCUT2D eigenvalue weighted by atomic mass is 10.0. The average molecular weight is 233 g/mol. The summed E-state index contributed by atoms with van der Waals surface area (Å²) in [6, 6.07) is 6.45. The number of hydrogen-bond donors (Lipinski definition) is 2. The number of hydrogen-bond acceptors (Lipinski definition) is 2. The fourth-order valence-corrected chi connectivity index (χ4v) is 2.44. The zero-order valence-corrected chi connectivity index (χ0v) is 9.98. The number of carbonyl (C=O) groups excluding carboxylic acids is 1. The van der Waals surface area contributed by atoms with Crippen molar-refractivity contribution in [2.45, 2.75) is 32.1 Å². The summed E-state index contributed by atoms with van der Waals surface area (Å²) in [5.41, 5.74) is 0.524. The second-order valence-corrected chi connectivity index (χ2v) is 4.75. The van der Waals surface area contributed by atoms with E-state index in [1.54, 1.807) is 18.2 Å². The first-order chi connectivity index (χ1) is 8.25. The Morgan fingerprint density at radius 2 is 2.12 bits per heavy atom. The zero-order chi connectivity index (χ0) is 12.1. The van der Waals surface area contributed by atoms with Gasteiger partial charge in [-0.3, -0.25) is 4.79 Å². The van der Waals surface area contributed by atoms with Crippen molar-refractivity contribution in [3.05, 3.63) is 29.8 Å². The standard InChI is InChI=1S/C14H19NO2/c16-13-7-3-6-12(10-13)14(17)15-9-8-11-4-1-2-5-11/h3,6-7,10-11,16H,1-2,4-5,8-9H2,(H,15,17). The molecule has 0 spiro atoms. The van der Waals surface area contributed by atoms with Gasteiger partial charge in [0, 0.05) is 12.1 Å². The van der Waals surface area contributed by atoms with Crippen molar-refractivity contribution in [2.24, 2.45) is 5.92 Å². The van der Waals surface area contributed by atoms with Crippen LogP contribution < -0.4 is 5.32 Å². The molecular formula is C14H19NO2. The van der Waals surface area contributed by atoms with Crippen LogP contribution in [0, 0.1) is 5.92 Å². The summed E-state index contributed by atoms with van der Waals surface area (Å²) in [7, 11) is 0. The summed E-state index contributed by atoms with van der Waals surface area (Å²) in [5, 5.41) is 12.2. The van der Waals surface area contributed by atoms with Gasteiger partial charge in [0.25, 0.3) is 5.91 Å². The average Bonchev–Trinajstić information content (AvgIpc) is 2.82. The molecule has 1 aromatic rings. The van der Waals surface area contributed by atoms with Gasteiger partial charge in [-0.1, -0.05) is 31.7 Å². The minimum atomic E-state index is -0.0982. The van der Waals surface area contributed by atoms with Crippen molar-refractivity contribution in [1.29, 1.82) is 0 Å². The van der Waals surface area contributed by atoms with Crippen molar-refractivity contribution >= 4 is 5.91 Å². The number of benzene rings is 1. The van der Waals surface area contributed by atoms with Crippen LogP contribution in [-0.2, 0) is 0 Å². The molecule has 0 unspecified atom stereocenters. The van der Waals surface area contributed by atoms with Crippen molar-refractivity contribution < 1.29 is 9.90 Å². The molecule has 1 aliphatic rings.